The summed E-state index contributed by atoms with van der Waals surface area (Å²) in [5.74, 6) is 0.0257. The maximum absolute atomic E-state index is 12.9. The van der Waals surface area contributed by atoms with E-state index >= 15 is 0 Å². The van der Waals surface area contributed by atoms with Gasteiger partial charge in [-0.3, -0.25) is 14.5 Å². The first-order valence-corrected chi connectivity index (χ1v) is 10.8. The lowest BCUT2D eigenvalue weighted by atomic mass is 9.93. The first-order valence-electron chi connectivity index (χ1n) is 10.8. The zero-order valence-corrected chi connectivity index (χ0v) is 18.3. The lowest BCUT2D eigenvalue weighted by Crippen LogP contribution is -2.50. The van der Waals surface area contributed by atoms with Crippen LogP contribution in [-0.4, -0.2) is 56.5 Å². The van der Waals surface area contributed by atoms with Crippen molar-refractivity contribution in [3.63, 3.8) is 0 Å². The quantitative estimate of drug-likeness (QED) is 0.757. The summed E-state index contributed by atoms with van der Waals surface area (Å²) >= 11 is 0. The topological polar surface area (TPSA) is 55.9 Å². The molecule has 0 aromatic heterocycles. The van der Waals surface area contributed by atoms with Crippen molar-refractivity contribution in [1.29, 1.82) is 0 Å². The maximum atomic E-state index is 12.9. The molecule has 0 atom stereocenters. The van der Waals surface area contributed by atoms with Crippen molar-refractivity contribution in [2.24, 2.45) is 0 Å². The van der Waals surface area contributed by atoms with Crippen LogP contribution in [0.15, 0.2) is 60.7 Å². The fraction of sp³-hybridized carbons (Fsp3) is 0.360. The van der Waals surface area contributed by atoms with E-state index in [0.29, 0.717) is 18.5 Å². The molecule has 2 aliphatic heterocycles. The molecule has 4 rings (SSSR count). The van der Waals surface area contributed by atoms with Crippen molar-refractivity contribution in [2.45, 2.75) is 25.3 Å². The molecule has 2 aromatic carbocycles. The lowest BCUT2D eigenvalue weighted by Gasteiger charge is -2.41. The number of hydrogen-bond acceptors (Lipinski definition) is 4. The molecule has 0 saturated carbocycles. The molecule has 0 aliphatic carbocycles. The number of rotatable bonds is 5. The van der Waals surface area contributed by atoms with Crippen LogP contribution in [0.4, 0.5) is 17.1 Å². The number of nitrogens with one attached hydrogen (secondary N) is 1. The number of fused-ring (bicyclic) bond motifs is 1. The summed E-state index contributed by atoms with van der Waals surface area (Å²) in [6.45, 7) is 5.92. The number of piperidine rings is 1. The average molecular weight is 419 g/mol. The number of hydrogen-bond donors (Lipinski definition) is 1. The molecule has 0 radical (unpaired) electrons. The fourth-order valence-electron chi connectivity index (χ4n) is 4.44. The van der Waals surface area contributed by atoms with Crippen LogP contribution in [0.25, 0.3) is 0 Å². The van der Waals surface area contributed by atoms with Crippen LogP contribution in [0.3, 0.4) is 0 Å². The summed E-state index contributed by atoms with van der Waals surface area (Å²) in [7, 11) is 3.96. The van der Waals surface area contributed by atoms with Crippen molar-refractivity contribution in [1.82, 2.24) is 4.90 Å². The molecule has 2 aromatic rings. The van der Waals surface area contributed by atoms with E-state index in [-0.39, 0.29) is 17.9 Å². The highest BCUT2D eigenvalue weighted by Gasteiger charge is 2.34. The van der Waals surface area contributed by atoms with Crippen molar-refractivity contribution >= 4 is 28.9 Å². The second-order valence-electron chi connectivity index (χ2n) is 8.58. The van der Waals surface area contributed by atoms with Gasteiger partial charge in [-0.25, -0.2) is 0 Å². The van der Waals surface area contributed by atoms with Gasteiger partial charge in [-0.1, -0.05) is 30.8 Å². The highest BCUT2D eigenvalue weighted by molar-refractivity contribution is 6.08. The normalized spacial score (nSPS) is 17.4. The van der Waals surface area contributed by atoms with Crippen molar-refractivity contribution in [3.05, 3.63) is 66.2 Å². The third kappa shape index (κ3) is 4.64. The van der Waals surface area contributed by atoms with Crippen LogP contribution >= 0.6 is 0 Å². The smallest absolute Gasteiger partial charge is 0.254 e. The Morgan fingerprint density at radius 3 is 2.61 bits per heavy atom. The van der Waals surface area contributed by atoms with Gasteiger partial charge < -0.3 is 15.1 Å². The molecular formula is C25H30N4O2. The summed E-state index contributed by atoms with van der Waals surface area (Å²) in [5, 5.41) is 3.00. The lowest BCUT2D eigenvalue weighted by molar-refractivity contribution is -0.118. The molecule has 1 fully saturated rings. The van der Waals surface area contributed by atoms with Gasteiger partial charge in [-0.05, 0) is 42.7 Å². The molecule has 2 aliphatic rings. The second kappa shape index (κ2) is 8.94. The van der Waals surface area contributed by atoms with Gasteiger partial charge in [0.15, 0.2) is 0 Å². The molecule has 2 amide bonds. The van der Waals surface area contributed by atoms with Gasteiger partial charge in [0, 0.05) is 62.3 Å². The third-order valence-electron chi connectivity index (χ3n) is 6.11. The number of amides is 2. The van der Waals surface area contributed by atoms with Gasteiger partial charge in [0.1, 0.15) is 0 Å². The van der Waals surface area contributed by atoms with E-state index in [1.807, 2.05) is 66.4 Å². The Kier molecular flexibility index (Phi) is 6.09. The fourth-order valence-corrected chi connectivity index (χ4v) is 4.44. The number of para-hydroxylation sites is 1. The van der Waals surface area contributed by atoms with E-state index in [9.17, 15) is 9.59 Å². The molecule has 2 heterocycles. The average Bonchev–Trinajstić information content (AvgIpc) is 2.75. The molecular weight excluding hydrogens is 388 g/mol. The van der Waals surface area contributed by atoms with Crippen molar-refractivity contribution < 1.29 is 9.59 Å². The van der Waals surface area contributed by atoms with E-state index in [2.05, 4.69) is 22.9 Å². The molecule has 0 spiro atoms. The van der Waals surface area contributed by atoms with Crippen LogP contribution < -0.4 is 15.1 Å². The largest absolute Gasteiger partial charge is 0.378 e. The summed E-state index contributed by atoms with van der Waals surface area (Å²) in [6.07, 6.45) is 2.31. The van der Waals surface area contributed by atoms with Gasteiger partial charge in [-0.2, -0.15) is 0 Å². The third-order valence-corrected chi connectivity index (χ3v) is 6.11. The number of carbonyl (C=O) groups excluding carboxylic acids is 2. The second-order valence-corrected chi connectivity index (χ2v) is 8.58. The highest BCUT2D eigenvalue weighted by atomic mass is 16.2. The number of carbonyl (C=O) groups is 2. The Morgan fingerprint density at radius 1 is 1.13 bits per heavy atom. The summed E-state index contributed by atoms with van der Waals surface area (Å²) in [5.41, 5.74) is 4.68. The predicted octanol–water partition coefficient (Wildman–Crippen LogP) is 3.30. The summed E-state index contributed by atoms with van der Waals surface area (Å²) in [6, 6.07) is 16.1. The van der Waals surface area contributed by atoms with Crippen molar-refractivity contribution in [3.8, 4) is 0 Å². The molecule has 0 unspecified atom stereocenters. The predicted molar refractivity (Wildman–Crippen MR) is 126 cm³/mol. The molecule has 6 heteroatoms. The molecule has 162 valence electrons. The molecule has 1 N–H and O–H groups in total. The van der Waals surface area contributed by atoms with Gasteiger partial charge in [0.05, 0.1) is 6.54 Å². The Morgan fingerprint density at radius 2 is 1.87 bits per heavy atom. The minimum absolute atomic E-state index is 0.0119. The SMILES string of the molecule is C=C1Cc2ccccc2N(C2CCN(CC(=O)Nc3cccc(N(C)C)c3)CC2)C1=O. The van der Waals surface area contributed by atoms with E-state index < -0.39 is 0 Å². The van der Waals surface area contributed by atoms with Crippen LogP contribution in [0, 0.1) is 0 Å². The molecule has 6 nitrogen and oxygen atoms in total. The highest BCUT2D eigenvalue weighted by Crippen LogP contribution is 2.33. The first-order chi connectivity index (χ1) is 14.9. The van der Waals surface area contributed by atoms with E-state index in [0.717, 1.165) is 48.6 Å². The number of benzene rings is 2. The molecule has 1 saturated heterocycles. The van der Waals surface area contributed by atoms with Gasteiger partial charge in [0.25, 0.3) is 5.91 Å². The van der Waals surface area contributed by atoms with Crippen LogP contribution in [-0.2, 0) is 16.0 Å². The Bertz CT molecular complexity index is 993. The number of likely N-dealkylation sites (tertiary alicyclic amines) is 1. The summed E-state index contributed by atoms with van der Waals surface area (Å²) < 4.78 is 0. The maximum Gasteiger partial charge on any atom is 0.254 e. The van der Waals surface area contributed by atoms with Gasteiger partial charge >= 0.3 is 0 Å². The number of nitrogens with zero attached hydrogens (tertiary/aromatic N) is 3. The minimum Gasteiger partial charge on any atom is -0.378 e. The van der Waals surface area contributed by atoms with E-state index in [1.165, 1.54) is 0 Å². The Balaban J connectivity index is 1.35. The van der Waals surface area contributed by atoms with E-state index in [4.69, 9.17) is 0 Å². The summed E-state index contributed by atoms with van der Waals surface area (Å²) in [4.78, 5) is 31.5. The zero-order chi connectivity index (χ0) is 22.0. The van der Waals surface area contributed by atoms with Gasteiger partial charge in [-0.15, -0.1) is 0 Å². The monoisotopic (exact) mass is 418 g/mol. The standard InChI is InChI=1S/C25H30N4O2/c1-18-15-19-7-4-5-10-23(19)29(25(18)31)21-11-13-28(14-12-21)17-24(30)26-20-8-6-9-22(16-20)27(2)3/h4-10,16,21H,1,11-15,17H2,2-3H3,(H,26,30). The Hall–Kier alpha value is -3.12. The van der Waals surface area contributed by atoms with Crippen LogP contribution in [0.1, 0.15) is 18.4 Å². The van der Waals surface area contributed by atoms with Crippen LogP contribution in [0.2, 0.25) is 0 Å². The number of anilines is 3. The first kappa shape index (κ1) is 21.1. The zero-order valence-electron chi connectivity index (χ0n) is 18.3. The molecule has 0 bridgehead atoms. The van der Waals surface area contributed by atoms with E-state index in [1.54, 1.807) is 0 Å². The minimum atomic E-state index is -0.0119. The van der Waals surface area contributed by atoms with Crippen LogP contribution in [0.5, 0.6) is 0 Å². The Labute approximate surface area is 184 Å². The molecule has 31 heavy (non-hydrogen) atoms. The van der Waals surface area contributed by atoms with Gasteiger partial charge in [0.2, 0.25) is 5.91 Å². The van der Waals surface area contributed by atoms with Crippen molar-refractivity contribution in [2.75, 3.05) is 48.8 Å².